The maximum atomic E-state index is 5.80. The Morgan fingerprint density at radius 1 is 0.906 bits per heavy atom. The van der Waals surface area contributed by atoms with E-state index in [2.05, 4.69) is 40.0 Å². The molecule has 0 spiro atoms. The lowest BCUT2D eigenvalue weighted by Crippen LogP contribution is -2.56. The Labute approximate surface area is 189 Å². The Kier molecular flexibility index (Phi) is 5.09. The predicted octanol–water partition coefficient (Wildman–Crippen LogP) is 3.49. The lowest BCUT2D eigenvalue weighted by molar-refractivity contribution is 0.00285. The van der Waals surface area contributed by atoms with Gasteiger partial charge in [-0.3, -0.25) is 9.80 Å². The molecule has 0 amide bonds. The highest BCUT2D eigenvalue weighted by molar-refractivity contribution is 5.45. The van der Waals surface area contributed by atoms with Crippen molar-refractivity contribution in [3.63, 3.8) is 0 Å². The first-order valence-electron chi connectivity index (χ1n) is 11.4. The van der Waals surface area contributed by atoms with E-state index in [0.29, 0.717) is 31.5 Å². The smallest absolute Gasteiger partial charge is 0.231 e. The van der Waals surface area contributed by atoms with Gasteiger partial charge in [0.2, 0.25) is 13.6 Å². The Balaban J connectivity index is 1.22. The summed E-state index contributed by atoms with van der Waals surface area (Å²) in [4.78, 5) is 5.14. The van der Waals surface area contributed by atoms with Crippen molar-refractivity contribution in [1.29, 1.82) is 0 Å². The zero-order chi connectivity index (χ0) is 21.5. The van der Waals surface area contributed by atoms with Crippen molar-refractivity contribution < 1.29 is 18.9 Å². The lowest BCUT2D eigenvalue weighted by Gasteiger charge is -2.49. The molecule has 0 N–H and O–H groups in total. The number of ether oxygens (including phenoxy) is 4. The van der Waals surface area contributed by atoms with E-state index < -0.39 is 0 Å². The van der Waals surface area contributed by atoms with E-state index in [9.17, 15) is 0 Å². The average molecular weight is 433 g/mol. The molecule has 2 aromatic rings. The summed E-state index contributed by atoms with van der Waals surface area (Å²) in [7, 11) is 0. The first kappa shape index (κ1) is 19.8. The van der Waals surface area contributed by atoms with Crippen LogP contribution in [0.25, 0.3) is 0 Å². The highest BCUT2D eigenvalue weighted by Crippen LogP contribution is 2.38. The molecule has 32 heavy (non-hydrogen) atoms. The van der Waals surface area contributed by atoms with Crippen LogP contribution < -0.4 is 18.9 Å². The quantitative estimate of drug-likeness (QED) is 0.651. The zero-order valence-electron chi connectivity index (χ0n) is 18.2. The summed E-state index contributed by atoms with van der Waals surface area (Å²) in [6, 6.07) is 13.1. The van der Waals surface area contributed by atoms with Crippen LogP contribution in [0.4, 0.5) is 0 Å². The van der Waals surface area contributed by atoms with E-state index in [1.54, 1.807) is 0 Å². The molecule has 0 aliphatic carbocycles. The molecule has 3 fully saturated rings. The molecule has 166 valence electrons. The summed E-state index contributed by atoms with van der Waals surface area (Å²) < 4.78 is 22.2. The van der Waals surface area contributed by atoms with Gasteiger partial charge in [0, 0.05) is 38.1 Å². The minimum atomic E-state index is 0.300. The van der Waals surface area contributed by atoms with E-state index in [0.717, 1.165) is 55.7 Å². The number of hydrogen-bond donors (Lipinski definition) is 0. The van der Waals surface area contributed by atoms with Gasteiger partial charge < -0.3 is 18.9 Å². The van der Waals surface area contributed by atoms with Gasteiger partial charge in [0.05, 0.1) is 0 Å². The Bertz CT molecular complexity index is 989. The van der Waals surface area contributed by atoms with Gasteiger partial charge >= 0.3 is 0 Å². The third kappa shape index (κ3) is 3.76. The van der Waals surface area contributed by atoms with Crippen molar-refractivity contribution >= 4 is 0 Å². The normalized spacial score (nSPS) is 27.0. The van der Waals surface area contributed by atoms with Crippen LogP contribution in [0.2, 0.25) is 0 Å². The van der Waals surface area contributed by atoms with E-state index in [1.807, 2.05) is 12.1 Å². The summed E-state index contributed by atoms with van der Waals surface area (Å²) in [5, 5.41) is 0. The van der Waals surface area contributed by atoms with Gasteiger partial charge in [-0.2, -0.15) is 0 Å². The van der Waals surface area contributed by atoms with E-state index in [4.69, 9.17) is 25.4 Å². The van der Waals surface area contributed by atoms with Crippen molar-refractivity contribution in [2.24, 2.45) is 11.8 Å². The third-order valence-electron chi connectivity index (χ3n) is 7.25. The van der Waals surface area contributed by atoms with Crippen molar-refractivity contribution in [2.45, 2.75) is 32.0 Å². The topological polar surface area (TPSA) is 43.4 Å². The number of rotatable bonds is 6. The van der Waals surface area contributed by atoms with Crippen LogP contribution in [0.1, 0.15) is 24.0 Å². The second kappa shape index (κ2) is 8.23. The number of fused-ring (bicyclic) bond motifs is 5. The largest absolute Gasteiger partial charge is 0.454 e. The molecule has 5 aliphatic heterocycles. The summed E-state index contributed by atoms with van der Waals surface area (Å²) >= 11 is 0. The van der Waals surface area contributed by atoms with Crippen molar-refractivity contribution in [3.8, 4) is 35.3 Å². The molecule has 6 heteroatoms. The Hall–Kier alpha value is -2.88. The van der Waals surface area contributed by atoms with Crippen molar-refractivity contribution in [2.75, 3.05) is 33.2 Å². The summed E-state index contributed by atoms with van der Waals surface area (Å²) in [6.07, 6.45) is 8.22. The van der Waals surface area contributed by atoms with Crippen LogP contribution in [0.3, 0.4) is 0 Å². The predicted molar refractivity (Wildman–Crippen MR) is 120 cm³/mol. The molecule has 2 bridgehead atoms. The van der Waals surface area contributed by atoms with E-state index in [1.165, 1.54) is 24.0 Å². The molecule has 5 heterocycles. The summed E-state index contributed by atoms with van der Waals surface area (Å²) in [5.41, 5.74) is 2.46. The van der Waals surface area contributed by atoms with Crippen LogP contribution >= 0.6 is 0 Å². The van der Waals surface area contributed by atoms with E-state index >= 15 is 0 Å². The van der Waals surface area contributed by atoms with Gasteiger partial charge in [-0.05, 0) is 60.7 Å². The second-order valence-corrected chi connectivity index (χ2v) is 9.25. The molecular weight excluding hydrogens is 404 g/mol. The first-order chi connectivity index (χ1) is 15.7. The van der Waals surface area contributed by atoms with E-state index in [-0.39, 0.29) is 0 Å². The molecule has 0 radical (unpaired) electrons. The number of nitrogens with zero attached hydrogens (tertiary/aromatic N) is 2. The van der Waals surface area contributed by atoms with Crippen LogP contribution in [0.5, 0.6) is 23.0 Å². The molecule has 0 aromatic heterocycles. The Morgan fingerprint density at radius 3 is 2.09 bits per heavy atom. The average Bonchev–Trinajstić information content (AvgIpc) is 3.48. The maximum absolute atomic E-state index is 5.80. The van der Waals surface area contributed by atoms with Crippen molar-refractivity contribution in [3.05, 3.63) is 47.5 Å². The van der Waals surface area contributed by atoms with Gasteiger partial charge in [0.25, 0.3) is 0 Å². The lowest BCUT2D eigenvalue weighted by atomic mass is 9.76. The van der Waals surface area contributed by atoms with Crippen LogP contribution in [0.15, 0.2) is 36.4 Å². The number of terminal acetylenes is 1. The van der Waals surface area contributed by atoms with Crippen molar-refractivity contribution in [1.82, 2.24) is 9.80 Å². The van der Waals surface area contributed by atoms with Gasteiger partial charge in [0.1, 0.15) is 0 Å². The monoisotopic (exact) mass is 432 g/mol. The molecule has 5 aliphatic rings. The fraction of sp³-hybridized carbons (Fsp3) is 0.462. The molecule has 2 aromatic carbocycles. The number of benzene rings is 2. The van der Waals surface area contributed by atoms with Gasteiger partial charge in [-0.25, -0.2) is 0 Å². The van der Waals surface area contributed by atoms with Gasteiger partial charge in [-0.15, -0.1) is 12.3 Å². The highest BCUT2D eigenvalue weighted by atomic mass is 16.7. The fourth-order valence-corrected chi connectivity index (χ4v) is 5.59. The molecule has 7 rings (SSSR count). The molecule has 3 saturated heterocycles. The minimum Gasteiger partial charge on any atom is -0.454 e. The molecule has 4 atom stereocenters. The summed E-state index contributed by atoms with van der Waals surface area (Å²) in [6.45, 7) is 5.50. The van der Waals surface area contributed by atoms with Crippen LogP contribution in [-0.4, -0.2) is 49.1 Å². The second-order valence-electron chi connectivity index (χ2n) is 9.25. The summed E-state index contributed by atoms with van der Waals surface area (Å²) in [5.74, 6) is 7.43. The fourth-order valence-electron chi connectivity index (χ4n) is 5.59. The van der Waals surface area contributed by atoms with Crippen LogP contribution in [0, 0.1) is 24.2 Å². The first-order valence-corrected chi connectivity index (χ1v) is 11.4. The zero-order valence-corrected chi connectivity index (χ0v) is 18.2. The van der Waals surface area contributed by atoms with Gasteiger partial charge in [0.15, 0.2) is 23.0 Å². The SMILES string of the molecule is C#C[C@H]1CN2CC[C@H]1C[C@@H]2CN(Cc1ccc2c(c1)OCO2)Cc1ccc2c(c1)OCO2. The maximum Gasteiger partial charge on any atom is 0.231 e. The minimum absolute atomic E-state index is 0.300. The Morgan fingerprint density at radius 2 is 1.53 bits per heavy atom. The molecule has 0 saturated carbocycles. The molecular formula is C26H28N2O4. The third-order valence-corrected chi connectivity index (χ3v) is 7.25. The van der Waals surface area contributed by atoms with Crippen LogP contribution in [-0.2, 0) is 13.1 Å². The molecule has 6 nitrogen and oxygen atoms in total. The number of hydrogen-bond acceptors (Lipinski definition) is 6. The highest BCUT2D eigenvalue weighted by Gasteiger charge is 2.39. The molecule has 1 unspecified atom stereocenters. The number of piperidine rings is 3. The van der Waals surface area contributed by atoms with Gasteiger partial charge in [-0.1, -0.05) is 12.1 Å². The standard InChI is InChI=1S/C26H28N2O4/c1-2-20-14-28-8-7-21(20)11-22(28)15-27(12-18-3-5-23-25(9-18)31-16-29-23)13-19-4-6-24-26(10-19)32-17-30-24/h1,3-6,9-10,20-22H,7-8,11-17H2/t20-,21-,22+/m0/s1.